The maximum Gasteiger partial charge on any atom is 0.211 e. The predicted molar refractivity (Wildman–Crippen MR) is 55.8 cm³/mol. The van der Waals surface area contributed by atoms with E-state index in [0.29, 0.717) is 6.41 Å². The van der Waals surface area contributed by atoms with Crippen LogP contribution in [-0.4, -0.2) is 13.5 Å². The van der Waals surface area contributed by atoms with E-state index < -0.39 is 0 Å². The molecule has 2 N–H and O–H groups in total. The highest BCUT2D eigenvalue weighted by Crippen LogP contribution is 2.20. The second-order valence-electron chi connectivity index (χ2n) is 2.52. The van der Waals surface area contributed by atoms with Gasteiger partial charge in [-0.15, -0.1) is 0 Å². The zero-order chi connectivity index (χ0) is 9.68. The monoisotopic (exact) mass is 176 g/mol. The number of carbonyl (C=O) groups is 1. The summed E-state index contributed by atoms with van der Waals surface area (Å²) in [6.45, 7) is 3.68. The standard InChI is InChI=1S/C10H12N2O/c1-3-8-6-9(12-7-13)4-5-10(8)11-2/h3-7,11H,1H2,2H3,(H,12,13). The first-order valence-electron chi connectivity index (χ1n) is 3.96. The Bertz CT molecular complexity index is 321. The smallest absolute Gasteiger partial charge is 0.211 e. The Kier molecular flexibility index (Phi) is 3.09. The maximum absolute atomic E-state index is 10.2. The van der Waals surface area contributed by atoms with Crippen molar-refractivity contribution in [2.75, 3.05) is 17.7 Å². The van der Waals surface area contributed by atoms with Crippen LogP contribution in [0.1, 0.15) is 5.56 Å². The zero-order valence-electron chi connectivity index (χ0n) is 7.50. The topological polar surface area (TPSA) is 41.1 Å². The van der Waals surface area contributed by atoms with Crippen molar-refractivity contribution < 1.29 is 4.79 Å². The van der Waals surface area contributed by atoms with Crippen LogP contribution in [0.4, 0.5) is 11.4 Å². The van der Waals surface area contributed by atoms with Crippen molar-refractivity contribution in [3.63, 3.8) is 0 Å². The molecule has 0 spiro atoms. The summed E-state index contributed by atoms with van der Waals surface area (Å²) in [7, 11) is 1.84. The summed E-state index contributed by atoms with van der Waals surface area (Å²) in [4.78, 5) is 10.2. The first-order chi connectivity index (χ1) is 6.31. The molecule has 3 nitrogen and oxygen atoms in total. The molecule has 3 heteroatoms. The van der Waals surface area contributed by atoms with Crippen LogP contribution >= 0.6 is 0 Å². The fourth-order valence-corrected chi connectivity index (χ4v) is 1.12. The summed E-state index contributed by atoms with van der Waals surface area (Å²) < 4.78 is 0. The highest BCUT2D eigenvalue weighted by Gasteiger charge is 1.97. The van der Waals surface area contributed by atoms with Gasteiger partial charge in [-0.05, 0) is 23.8 Å². The molecule has 0 aromatic heterocycles. The van der Waals surface area contributed by atoms with Crippen LogP contribution in [0.15, 0.2) is 24.8 Å². The van der Waals surface area contributed by atoms with Gasteiger partial charge in [-0.2, -0.15) is 0 Å². The third kappa shape index (κ3) is 2.08. The predicted octanol–water partition coefficient (Wildman–Crippen LogP) is 1.94. The summed E-state index contributed by atoms with van der Waals surface area (Å²) in [5.74, 6) is 0. The van der Waals surface area contributed by atoms with Gasteiger partial charge >= 0.3 is 0 Å². The Hall–Kier alpha value is -1.77. The molecular weight excluding hydrogens is 164 g/mol. The minimum Gasteiger partial charge on any atom is -0.388 e. The van der Waals surface area contributed by atoms with E-state index in [9.17, 15) is 4.79 Å². The Morgan fingerprint density at radius 2 is 2.23 bits per heavy atom. The van der Waals surface area contributed by atoms with Crippen molar-refractivity contribution in [1.82, 2.24) is 0 Å². The number of benzene rings is 1. The maximum atomic E-state index is 10.2. The largest absolute Gasteiger partial charge is 0.388 e. The summed E-state index contributed by atoms with van der Waals surface area (Å²) >= 11 is 0. The highest BCUT2D eigenvalue weighted by atomic mass is 16.1. The number of hydrogen-bond donors (Lipinski definition) is 2. The zero-order valence-corrected chi connectivity index (χ0v) is 7.50. The van der Waals surface area contributed by atoms with Crippen molar-refractivity contribution in [2.24, 2.45) is 0 Å². The van der Waals surface area contributed by atoms with Gasteiger partial charge in [0.05, 0.1) is 0 Å². The van der Waals surface area contributed by atoms with Crippen molar-refractivity contribution in [1.29, 1.82) is 0 Å². The molecule has 68 valence electrons. The molecule has 0 aliphatic heterocycles. The molecular formula is C10H12N2O. The number of rotatable bonds is 4. The van der Waals surface area contributed by atoms with E-state index in [1.165, 1.54) is 0 Å². The van der Waals surface area contributed by atoms with Gasteiger partial charge in [0.1, 0.15) is 0 Å². The molecule has 0 aliphatic carbocycles. The molecule has 1 aromatic carbocycles. The van der Waals surface area contributed by atoms with E-state index in [1.807, 2.05) is 25.2 Å². The van der Waals surface area contributed by atoms with Gasteiger partial charge in [-0.3, -0.25) is 4.79 Å². The van der Waals surface area contributed by atoms with Gasteiger partial charge < -0.3 is 10.6 Å². The van der Waals surface area contributed by atoms with Gasteiger partial charge in [-0.25, -0.2) is 0 Å². The van der Waals surface area contributed by atoms with Gasteiger partial charge in [0.2, 0.25) is 6.41 Å². The number of anilines is 2. The van der Waals surface area contributed by atoms with Crippen LogP contribution in [0, 0.1) is 0 Å². The minimum absolute atomic E-state index is 0.654. The lowest BCUT2D eigenvalue weighted by Crippen LogP contribution is -1.96. The van der Waals surface area contributed by atoms with Gasteiger partial charge in [0.25, 0.3) is 0 Å². The lowest BCUT2D eigenvalue weighted by atomic mass is 10.1. The third-order valence-electron chi connectivity index (χ3n) is 1.77. The highest BCUT2D eigenvalue weighted by molar-refractivity contribution is 5.76. The van der Waals surface area contributed by atoms with E-state index in [2.05, 4.69) is 17.2 Å². The molecule has 0 radical (unpaired) electrons. The molecule has 0 saturated carbocycles. The molecule has 0 fully saturated rings. The van der Waals surface area contributed by atoms with Gasteiger partial charge in [0, 0.05) is 18.4 Å². The normalized spacial score (nSPS) is 9.00. The lowest BCUT2D eigenvalue weighted by Gasteiger charge is -2.06. The van der Waals surface area contributed by atoms with Crippen LogP contribution in [0.2, 0.25) is 0 Å². The Morgan fingerprint density at radius 1 is 1.46 bits per heavy atom. The Labute approximate surface area is 77.5 Å². The molecule has 0 atom stereocenters. The molecule has 0 saturated heterocycles. The summed E-state index contributed by atoms with van der Waals surface area (Å²) in [6.07, 6.45) is 2.39. The summed E-state index contributed by atoms with van der Waals surface area (Å²) in [5.41, 5.74) is 2.73. The molecule has 0 unspecified atom stereocenters. The quantitative estimate of drug-likeness (QED) is 0.688. The average Bonchev–Trinajstić information content (AvgIpc) is 2.18. The molecule has 0 aliphatic rings. The van der Waals surface area contributed by atoms with E-state index >= 15 is 0 Å². The van der Waals surface area contributed by atoms with Crippen molar-refractivity contribution in [3.8, 4) is 0 Å². The second-order valence-corrected chi connectivity index (χ2v) is 2.52. The third-order valence-corrected chi connectivity index (χ3v) is 1.77. The van der Waals surface area contributed by atoms with Crippen molar-refractivity contribution >= 4 is 23.9 Å². The number of amides is 1. The number of nitrogens with one attached hydrogen (secondary N) is 2. The fourth-order valence-electron chi connectivity index (χ4n) is 1.12. The van der Waals surface area contributed by atoms with Crippen LogP contribution in [0.25, 0.3) is 6.08 Å². The van der Waals surface area contributed by atoms with Crippen LogP contribution in [0.5, 0.6) is 0 Å². The first-order valence-corrected chi connectivity index (χ1v) is 3.96. The van der Waals surface area contributed by atoms with Crippen LogP contribution in [0.3, 0.4) is 0 Å². The summed E-state index contributed by atoms with van der Waals surface area (Å²) in [5, 5.41) is 5.61. The SMILES string of the molecule is C=Cc1cc(NC=O)ccc1NC. The number of carbonyl (C=O) groups excluding carboxylic acids is 1. The molecule has 1 amide bonds. The van der Waals surface area contributed by atoms with E-state index in [0.717, 1.165) is 16.9 Å². The van der Waals surface area contributed by atoms with Crippen molar-refractivity contribution in [2.45, 2.75) is 0 Å². The summed E-state index contributed by atoms with van der Waals surface area (Å²) in [6, 6.07) is 5.57. The lowest BCUT2D eigenvalue weighted by molar-refractivity contribution is -0.105. The molecule has 0 heterocycles. The first kappa shape index (κ1) is 9.32. The molecule has 0 bridgehead atoms. The van der Waals surface area contributed by atoms with E-state index in [-0.39, 0.29) is 0 Å². The van der Waals surface area contributed by atoms with Crippen molar-refractivity contribution in [3.05, 3.63) is 30.3 Å². The fraction of sp³-hybridized carbons (Fsp3) is 0.100. The molecule has 13 heavy (non-hydrogen) atoms. The Balaban J connectivity index is 3.04. The van der Waals surface area contributed by atoms with Gasteiger partial charge in [0.15, 0.2) is 0 Å². The van der Waals surface area contributed by atoms with E-state index in [4.69, 9.17) is 0 Å². The minimum atomic E-state index is 0.654. The van der Waals surface area contributed by atoms with E-state index in [1.54, 1.807) is 6.08 Å². The van der Waals surface area contributed by atoms with Gasteiger partial charge in [-0.1, -0.05) is 12.7 Å². The second kappa shape index (κ2) is 4.30. The number of hydrogen-bond acceptors (Lipinski definition) is 2. The molecule has 1 aromatic rings. The Morgan fingerprint density at radius 3 is 2.77 bits per heavy atom. The molecule has 1 rings (SSSR count). The van der Waals surface area contributed by atoms with Crippen LogP contribution < -0.4 is 10.6 Å². The van der Waals surface area contributed by atoms with Crippen LogP contribution in [-0.2, 0) is 4.79 Å². The average molecular weight is 176 g/mol.